The lowest BCUT2D eigenvalue weighted by Gasteiger charge is -2.17. The SMILES string of the molecule is Cc1cc(CC(=O)O)cc(C)c1Cc1ccc(O)c(C(C)c2ccc(F)cc2)c1. The Hall–Kier alpha value is -3.14. The zero-order chi connectivity index (χ0) is 21.1. The van der Waals surface area contributed by atoms with Crippen molar-refractivity contribution in [3.05, 3.63) is 99.4 Å². The highest BCUT2D eigenvalue weighted by Gasteiger charge is 2.15. The quantitative estimate of drug-likeness (QED) is 0.581. The average molecular weight is 392 g/mol. The fourth-order valence-electron chi connectivity index (χ4n) is 3.83. The number of carbonyl (C=O) groups is 1. The van der Waals surface area contributed by atoms with Crippen LogP contribution < -0.4 is 0 Å². The molecule has 3 rings (SSSR count). The Morgan fingerprint density at radius 3 is 2.17 bits per heavy atom. The smallest absolute Gasteiger partial charge is 0.307 e. The predicted octanol–water partition coefficient (Wildman–Crippen LogP) is 5.52. The van der Waals surface area contributed by atoms with Crippen molar-refractivity contribution in [2.45, 2.75) is 39.5 Å². The van der Waals surface area contributed by atoms with Gasteiger partial charge in [0.15, 0.2) is 0 Å². The number of benzene rings is 3. The summed E-state index contributed by atoms with van der Waals surface area (Å²) in [4.78, 5) is 11.0. The molecule has 0 amide bonds. The van der Waals surface area contributed by atoms with E-state index in [4.69, 9.17) is 5.11 Å². The normalized spacial score (nSPS) is 12.0. The number of aromatic hydroxyl groups is 1. The number of phenolic OH excluding ortho intramolecular Hbond substituents is 1. The van der Waals surface area contributed by atoms with Crippen molar-refractivity contribution in [1.82, 2.24) is 0 Å². The summed E-state index contributed by atoms with van der Waals surface area (Å²) in [6.45, 7) is 5.98. The zero-order valence-electron chi connectivity index (χ0n) is 16.9. The van der Waals surface area contributed by atoms with Crippen molar-refractivity contribution < 1.29 is 19.4 Å². The molecule has 4 heteroatoms. The lowest BCUT2D eigenvalue weighted by molar-refractivity contribution is -0.136. The van der Waals surface area contributed by atoms with Gasteiger partial charge in [-0.3, -0.25) is 4.79 Å². The number of hydrogen-bond acceptors (Lipinski definition) is 2. The van der Waals surface area contributed by atoms with Crippen LogP contribution in [0.3, 0.4) is 0 Å². The first kappa shape index (κ1) is 20.6. The highest BCUT2D eigenvalue weighted by molar-refractivity contribution is 5.70. The van der Waals surface area contributed by atoms with Crippen LogP contribution in [0.5, 0.6) is 5.75 Å². The Balaban J connectivity index is 1.90. The third kappa shape index (κ3) is 4.83. The van der Waals surface area contributed by atoms with Gasteiger partial charge >= 0.3 is 5.97 Å². The average Bonchev–Trinajstić information content (AvgIpc) is 2.65. The van der Waals surface area contributed by atoms with Crippen LogP contribution in [0.15, 0.2) is 54.6 Å². The summed E-state index contributed by atoms with van der Waals surface area (Å²) in [7, 11) is 0. The maximum Gasteiger partial charge on any atom is 0.307 e. The molecule has 0 bridgehead atoms. The van der Waals surface area contributed by atoms with Gasteiger partial charge in [-0.25, -0.2) is 4.39 Å². The van der Waals surface area contributed by atoms with E-state index in [9.17, 15) is 14.3 Å². The zero-order valence-corrected chi connectivity index (χ0v) is 16.9. The lowest BCUT2D eigenvalue weighted by Crippen LogP contribution is -2.04. The van der Waals surface area contributed by atoms with Crippen LogP contribution in [0, 0.1) is 19.7 Å². The number of carboxylic acids is 1. The minimum absolute atomic E-state index is 0.0144. The highest BCUT2D eigenvalue weighted by Crippen LogP contribution is 2.33. The van der Waals surface area contributed by atoms with Crippen molar-refractivity contribution in [3.63, 3.8) is 0 Å². The van der Waals surface area contributed by atoms with Gasteiger partial charge < -0.3 is 10.2 Å². The number of aryl methyl sites for hydroxylation is 2. The van der Waals surface area contributed by atoms with Crippen molar-refractivity contribution in [1.29, 1.82) is 0 Å². The molecule has 1 atom stereocenters. The van der Waals surface area contributed by atoms with E-state index in [1.54, 1.807) is 18.2 Å². The molecule has 0 heterocycles. The highest BCUT2D eigenvalue weighted by atomic mass is 19.1. The molecule has 150 valence electrons. The minimum atomic E-state index is -0.838. The second-order valence-electron chi connectivity index (χ2n) is 7.62. The van der Waals surface area contributed by atoms with Gasteiger partial charge in [0.1, 0.15) is 11.6 Å². The van der Waals surface area contributed by atoms with Crippen molar-refractivity contribution in [3.8, 4) is 5.75 Å². The largest absolute Gasteiger partial charge is 0.508 e. The molecule has 0 aromatic heterocycles. The minimum Gasteiger partial charge on any atom is -0.508 e. The third-order valence-electron chi connectivity index (χ3n) is 5.42. The van der Waals surface area contributed by atoms with Crippen LogP contribution in [0.1, 0.15) is 51.8 Å². The summed E-state index contributed by atoms with van der Waals surface area (Å²) in [5, 5.41) is 19.4. The summed E-state index contributed by atoms with van der Waals surface area (Å²) < 4.78 is 13.2. The molecule has 3 nitrogen and oxygen atoms in total. The summed E-state index contributed by atoms with van der Waals surface area (Å²) in [6, 6.07) is 15.8. The van der Waals surface area contributed by atoms with Crippen LogP contribution in [-0.2, 0) is 17.6 Å². The second kappa shape index (κ2) is 8.48. The van der Waals surface area contributed by atoms with E-state index < -0.39 is 5.97 Å². The maximum absolute atomic E-state index is 13.2. The molecule has 0 aliphatic rings. The fraction of sp³-hybridized carbons (Fsp3) is 0.240. The molecule has 1 unspecified atom stereocenters. The molecule has 0 aliphatic carbocycles. The Kier molecular flexibility index (Phi) is 6.02. The summed E-state index contributed by atoms with van der Waals surface area (Å²) in [5.41, 5.74) is 6.86. The molecule has 0 fully saturated rings. The third-order valence-corrected chi connectivity index (χ3v) is 5.42. The first-order valence-electron chi connectivity index (χ1n) is 9.62. The molecule has 3 aromatic carbocycles. The molecule has 0 aliphatic heterocycles. The van der Waals surface area contributed by atoms with E-state index in [0.717, 1.165) is 38.9 Å². The number of carboxylic acid groups (broad SMARTS) is 1. The van der Waals surface area contributed by atoms with Crippen molar-refractivity contribution >= 4 is 5.97 Å². The van der Waals surface area contributed by atoms with Gasteiger partial charge in [0.25, 0.3) is 0 Å². The van der Waals surface area contributed by atoms with Gasteiger partial charge in [0.05, 0.1) is 6.42 Å². The van der Waals surface area contributed by atoms with Crippen LogP contribution in [0.2, 0.25) is 0 Å². The van der Waals surface area contributed by atoms with Crippen LogP contribution in [0.25, 0.3) is 0 Å². The Morgan fingerprint density at radius 2 is 1.59 bits per heavy atom. The molecule has 0 saturated carbocycles. The number of halogens is 1. The van der Waals surface area contributed by atoms with Gasteiger partial charge in [-0.15, -0.1) is 0 Å². The van der Waals surface area contributed by atoms with E-state index in [0.29, 0.717) is 6.42 Å². The molecule has 3 aromatic rings. The molecule has 0 radical (unpaired) electrons. The first-order valence-corrected chi connectivity index (χ1v) is 9.62. The van der Waals surface area contributed by atoms with Crippen molar-refractivity contribution in [2.75, 3.05) is 0 Å². The monoisotopic (exact) mass is 392 g/mol. The number of hydrogen-bond donors (Lipinski definition) is 2. The Labute approximate surface area is 170 Å². The van der Waals surface area contributed by atoms with Crippen LogP contribution in [0.4, 0.5) is 4.39 Å². The predicted molar refractivity (Wildman–Crippen MR) is 112 cm³/mol. The Bertz CT molecular complexity index is 1020. The summed E-state index contributed by atoms with van der Waals surface area (Å²) >= 11 is 0. The van der Waals surface area contributed by atoms with Crippen LogP contribution in [-0.4, -0.2) is 16.2 Å². The van der Waals surface area contributed by atoms with Gasteiger partial charge in [-0.2, -0.15) is 0 Å². The summed E-state index contributed by atoms with van der Waals surface area (Å²) in [5.74, 6) is -0.975. The molecule has 0 spiro atoms. The van der Waals surface area contributed by atoms with Crippen molar-refractivity contribution in [2.24, 2.45) is 0 Å². The molecule has 29 heavy (non-hydrogen) atoms. The topological polar surface area (TPSA) is 57.5 Å². The van der Waals surface area contributed by atoms with E-state index in [1.165, 1.54) is 12.1 Å². The molecule has 0 saturated heterocycles. The second-order valence-corrected chi connectivity index (χ2v) is 7.62. The number of aliphatic carboxylic acids is 1. The summed E-state index contributed by atoms with van der Waals surface area (Å²) in [6.07, 6.45) is 0.703. The molecule has 2 N–H and O–H groups in total. The van der Waals surface area contributed by atoms with E-state index in [-0.39, 0.29) is 23.9 Å². The first-order chi connectivity index (χ1) is 13.7. The molecular formula is C25H25FO3. The van der Waals surface area contributed by atoms with Crippen LogP contribution >= 0.6 is 0 Å². The molecular weight excluding hydrogens is 367 g/mol. The Morgan fingerprint density at radius 1 is 0.966 bits per heavy atom. The van der Waals surface area contributed by atoms with E-state index in [2.05, 4.69) is 0 Å². The van der Waals surface area contributed by atoms with E-state index in [1.807, 2.05) is 45.0 Å². The fourth-order valence-corrected chi connectivity index (χ4v) is 3.83. The van der Waals surface area contributed by atoms with Gasteiger partial charge in [0, 0.05) is 11.5 Å². The number of phenols is 1. The number of rotatable bonds is 6. The van der Waals surface area contributed by atoms with Gasteiger partial charge in [-0.1, -0.05) is 43.3 Å². The lowest BCUT2D eigenvalue weighted by atomic mass is 9.88. The standard InChI is InChI=1S/C25H25FO3/c1-15-10-19(14-25(28)29)11-16(2)22(15)12-18-4-9-24(27)23(13-18)17(3)20-5-7-21(26)8-6-20/h4-11,13,17,27H,12,14H2,1-3H3,(H,28,29). The maximum atomic E-state index is 13.2. The van der Waals surface area contributed by atoms with Gasteiger partial charge in [-0.05, 0) is 71.8 Å². The van der Waals surface area contributed by atoms with Gasteiger partial charge in [0.2, 0.25) is 0 Å². The van der Waals surface area contributed by atoms with E-state index >= 15 is 0 Å².